The van der Waals surface area contributed by atoms with Crippen molar-refractivity contribution >= 4 is 29.8 Å². The second-order valence-corrected chi connectivity index (χ2v) is 7.06. The van der Waals surface area contributed by atoms with Gasteiger partial charge in [-0.1, -0.05) is 6.08 Å². The van der Waals surface area contributed by atoms with Gasteiger partial charge >= 0.3 is 0 Å². The number of hydrogen-bond donors (Lipinski definition) is 0. The Morgan fingerprint density at radius 3 is 2.53 bits per heavy atom. The lowest BCUT2D eigenvalue weighted by Gasteiger charge is -2.35. The summed E-state index contributed by atoms with van der Waals surface area (Å²) in [6.45, 7) is 3.76. The van der Waals surface area contributed by atoms with E-state index >= 15 is 0 Å². The van der Waals surface area contributed by atoms with E-state index in [1.807, 2.05) is 6.08 Å². The summed E-state index contributed by atoms with van der Waals surface area (Å²) in [6.07, 6.45) is 9.67. The summed E-state index contributed by atoms with van der Waals surface area (Å²) in [5.41, 5.74) is 0. The molecule has 1 nitrogen and oxygen atoms in total. The van der Waals surface area contributed by atoms with Crippen LogP contribution in [0.1, 0.15) is 38.5 Å². The van der Waals surface area contributed by atoms with Crippen molar-refractivity contribution in [1.29, 1.82) is 0 Å². The molecule has 0 bridgehead atoms. The summed E-state index contributed by atoms with van der Waals surface area (Å²) in [5.74, 6) is 2.53. The summed E-state index contributed by atoms with van der Waals surface area (Å²) in [7, 11) is 0. The zero-order chi connectivity index (χ0) is 11.0. The molecule has 0 radical (unpaired) electrons. The van der Waals surface area contributed by atoms with Gasteiger partial charge in [0, 0.05) is 6.42 Å². The fourth-order valence-electron chi connectivity index (χ4n) is 1.83. The van der Waals surface area contributed by atoms with E-state index in [1.54, 1.807) is 0 Å². The van der Waals surface area contributed by atoms with Gasteiger partial charge in [0.05, 0.1) is 4.08 Å². The Hall–Kier alpha value is 0.110. The van der Waals surface area contributed by atoms with Crippen molar-refractivity contribution < 1.29 is 4.79 Å². The van der Waals surface area contributed by atoms with Crippen LogP contribution in [-0.2, 0) is 4.79 Å². The van der Waals surface area contributed by atoms with Crippen LogP contribution < -0.4 is 0 Å². The molecule has 0 unspecified atom stereocenters. The normalized spacial score (nSPS) is 19.7. The van der Waals surface area contributed by atoms with Gasteiger partial charge in [0.15, 0.2) is 0 Å². The number of carbonyl (C=O) groups excluding carboxylic acids is 1. The maximum absolute atomic E-state index is 10.5. The van der Waals surface area contributed by atoms with E-state index in [0.29, 0.717) is 10.5 Å². The minimum Gasteiger partial charge on any atom is -0.303 e. The molecule has 1 aliphatic rings. The summed E-state index contributed by atoms with van der Waals surface area (Å²) in [4.78, 5) is 10.5. The zero-order valence-electron chi connectivity index (χ0n) is 9.24. The largest absolute Gasteiger partial charge is 0.303 e. The predicted molar refractivity (Wildman–Crippen MR) is 71.6 cm³/mol. The Labute approximate surface area is 101 Å². The van der Waals surface area contributed by atoms with Crippen molar-refractivity contribution in [2.45, 2.75) is 42.6 Å². The van der Waals surface area contributed by atoms with Crippen LogP contribution in [0.15, 0.2) is 12.7 Å². The van der Waals surface area contributed by atoms with Gasteiger partial charge in [0.25, 0.3) is 0 Å². The highest BCUT2D eigenvalue weighted by atomic mass is 32.2. The van der Waals surface area contributed by atoms with Gasteiger partial charge in [-0.2, -0.15) is 0 Å². The Kier molecular flexibility index (Phi) is 6.50. The van der Waals surface area contributed by atoms with Crippen LogP contribution in [0.25, 0.3) is 0 Å². The van der Waals surface area contributed by atoms with Gasteiger partial charge in [-0.05, 0) is 43.6 Å². The highest BCUT2D eigenvalue weighted by Crippen LogP contribution is 2.48. The molecule has 0 aromatic carbocycles. The van der Waals surface area contributed by atoms with E-state index in [2.05, 4.69) is 30.1 Å². The number of thioether (sulfide) groups is 2. The van der Waals surface area contributed by atoms with Gasteiger partial charge in [0.1, 0.15) is 6.29 Å². The second-order valence-electron chi connectivity index (χ2n) is 3.85. The SMILES string of the molecule is C=CCCCC1(CCC=O)SCCCS1. The molecule has 0 spiro atoms. The number of allylic oxidation sites excluding steroid dienone is 1. The molecule has 0 aliphatic carbocycles. The highest BCUT2D eigenvalue weighted by Gasteiger charge is 2.32. The molecule has 0 N–H and O–H groups in total. The van der Waals surface area contributed by atoms with E-state index in [9.17, 15) is 4.79 Å². The molecular weight excluding hydrogens is 224 g/mol. The first-order valence-electron chi connectivity index (χ1n) is 5.65. The molecule has 0 amide bonds. The molecule has 1 saturated heterocycles. The second kappa shape index (κ2) is 7.39. The molecule has 1 aliphatic heterocycles. The number of aldehydes is 1. The molecular formula is C12H20OS2. The molecule has 1 heterocycles. The Bertz CT molecular complexity index is 198. The lowest BCUT2D eigenvalue weighted by molar-refractivity contribution is -0.107. The molecule has 0 saturated carbocycles. The Balaban J connectivity index is 2.41. The summed E-state index contributed by atoms with van der Waals surface area (Å²) >= 11 is 4.14. The average molecular weight is 244 g/mol. The minimum absolute atomic E-state index is 0.335. The van der Waals surface area contributed by atoms with Crippen LogP contribution in [0.4, 0.5) is 0 Å². The van der Waals surface area contributed by atoms with Crippen LogP contribution >= 0.6 is 23.5 Å². The van der Waals surface area contributed by atoms with E-state index < -0.39 is 0 Å². The van der Waals surface area contributed by atoms with Crippen molar-refractivity contribution in [3.8, 4) is 0 Å². The highest BCUT2D eigenvalue weighted by molar-refractivity contribution is 8.18. The topological polar surface area (TPSA) is 17.1 Å². The molecule has 1 fully saturated rings. The Morgan fingerprint density at radius 2 is 1.93 bits per heavy atom. The molecule has 15 heavy (non-hydrogen) atoms. The third kappa shape index (κ3) is 4.64. The molecule has 1 rings (SSSR count). The van der Waals surface area contributed by atoms with Gasteiger partial charge in [0.2, 0.25) is 0 Å². The van der Waals surface area contributed by atoms with Crippen LogP contribution in [0, 0.1) is 0 Å². The first kappa shape index (κ1) is 13.2. The van der Waals surface area contributed by atoms with Gasteiger partial charge < -0.3 is 4.79 Å². The fourth-order valence-corrected chi connectivity index (χ4v) is 5.26. The Morgan fingerprint density at radius 1 is 1.20 bits per heavy atom. The van der Waals surface area contributed by atoms with Gasteiger partial charge in [-0.15, -0.1) is 30.1 Å². The smallest absolute Gasteiger partial charge is 0.120 e. The summed E-state index contributed by atoms with van der Waals surface area (Å²) in [5, 5.41) is 0. The van der Waals surface area contributed by atoms with Gasteiger partial charge in [-0.3, -0.25) is 0 Å². The molecule has 0 atom stereocenters. The van der Waals surface area contributed by atoms with E-state index in [0.717, 1.165) is 19.1 Å². The third-order valence-electron chi connectivity index (χ3n) is 2.63. The van der Waals surface area contributed by atoms with Crippen LogP contribution in [0.2, 0.25) is 0 Å². The van der Waals surface area contributed by atoms with Crippen molar-refractivity contribution in [2.24, 2.45) is 0 Å². The van der Waals surface area contributed by atoms with E-state index in [4.69, 9.17) is 0 Å². The lowest BCUT2D eigenvalue weighted by atomic mass is 10.1. The minimum atomic E-state index is 0.335. The first-order valence-corrected chi connectivity index (χ1v) is 7.62. The maximum Gasteiger partial charge on any atom is 0.120 e. The van der Waals surface area contributed by atoms with Crippen molar-refractivity contribution in [1.82, 2.24) is 0 Å². The lowest BCUT2D eigenvalue weighted by Crippen LogP contribution is -2.25. The van der Waals surface area contributed by atoms with Crippen LogP contribution in [-0.4, -0.2) is 21.9 Å². The maximum atomic E-state index is 10.5. The predicted octanol–water partition coefficient (Wildman–Crippen LogP) is 3.89. The summed E-state index contributed by atoms with van der Waals surface area (Å²) < 4.78 is 0.335. The molecule has 0 aromatic heterocycles. The van der Waals surface area contributed by atoms with E-state index in [1.165, 1.54) is 30.8 Å². The standard InChI is InChI=1S/C12H20OS2/c1-2-3-4-7-12(8-5-9-13)14-10-6-11-15-12/h2,9H,1,3-8,10-11H2. The van der Waals surface area contributed by atoms with Gasteiger partial charge in [-0.25, -0.2) is 0 Å². The molecule has 0 aromatic rings. The fraction of sp³-hybridized carbons (Fsp3) is 0.750. The van der Waals surface area contributed by atoms with Crippen molar-refractivity contribution in [3.63, 3.8) is 0 Å². The quantitative estimate of drug-likeness (QED) is 0.384. The molecule has 86 valence electrons. The molecule has 3 heteroatoms. The van der Waals surface area contributed by atoms with Crippen molar-refractivity contribution in [3.05, 3.63) is 12.7 Å². The number of unbranched alkanes of at least 4 members (excludes halogenated alkanes) is 1. The third-order valence-corrected chi connectivity index (χ3v) is 6.19. The van der Waals surface area contributed by atoms with Crippen LogP contribution in [0.3, 0.4) is 0 Å². The van der Waals surface area contributed by atoms with Crippen molar-refractivity contribution in [2.75, 3.05) is 11.5 Å². The number of rotatable bonds is 7. The number of hydrogen-bond acceptors (Lipinski definition) is 3. The number of carbonyl (C=O) groups is 1. The first-order chi connectivity index (χ1) is 7.33. The average Bonchev–Trinajstić information content (AvgIpc) is 2.28. The summed E-state index contributed by atoms with van der Waals surface area (Å²) in [6, 6.07) is 0. The zero-order valence-corrected chi connectivity index (χ0v) is 10.9. The monoisotopic (exact) mass is 244 g/mol. The van der Waals surface area contributed by atoms with Crippen LogP contribution in [0.5, 0.6) is 0 Å². The van der Waals surface area contributed by atoms with E-state index in [-0.39, 0.29) is 0 Å².